The number of rotatable bonds is 3. The van der Waals surface area contributed by atoms with Gasteiger partial charge in [0.2, 0.25) is 0 Å². The molecule has 2 bridgehead atoms. The van der Waals surface area contributed by atoms with Gasteiger partial charge >= 0.3 is 0 Å². The highest BCUT2D eigenvalue weighted by atomic mass is 15.2. The van der Waals surface area contributed by atoms with Crippen LogP contribution in [-0.4, -0.2) is 36.6 Å². The molecule has 2 nitrogen and oxygen atoms in total. The van der Waals surface area contributed by atoms with Crippen molar-refractivity contribution in [3.05, 3.63) is 0 Å². The van der Waals surface area contributed by atoms with Gasteiger partial charge in [-0.15, -0.1) is 0 Å². The molecule has 0 aromatic rings. The van der Waals surface area contributed by atoms with Crippen LogP contribution in [-0.2, 0) is 0 Å². The monoisotopic (exact) mass is 222 g/mol. The van der Waals surface area contributed by atoms with Crippen molar-refractivity contribution in [2.24, 2.45) is 11.8 Å². The summed E-state index contributed by atoms with van der Waals surface area (Å²) in [6, 6.07) is 1.73. The van der Waals surface area contributed by atoms with E-state index in [9.17, 15) is 0 Å². The molecular weight excluding hydrogens is 196 g/mol. The minimum Gasteiger partial charge on any atom is -0.311 e. The number of piperazine rings is 1. The molecule has 92 valence electrons. The summed E-state index contributed by atoms with van der Waals surface area (Å²) in [5.74, 6) is 2.15. The van der Waals surface area contributed by atoms with Crippen LogP contribution in [0.1, 0.15) is 45.4 Å². The van der Waals surface area contributed by atoms with Crippen LogP contribution in [0.25, 0.3) is 0 Å². The Bertz CT molecular complexity index is 239. The van der Waals surface area contributed by atoms with Crippen molar-refractivity contribution in [1.82, 2.24) is 10.2 Å². The molecule has 1 heterocycles. The summed E-state index contributed by atoms with van der Waals surface area (Å²) in [6.07, 6.45) is 8.81. The molecule has 3 fully saturated rings. The maximum absolute atomic E-state index is 3.68. The van der Waals surface area contributed by atoms with E-state index in [2.05, 4.69) is 17.1 Å². The van der Waals surface area contributed by atoms with Crippen LogP contribution >= 0.6 is 0 Å². The molecule has 16 heavy (non-hydrogen) atoms. The first-order valence-electron chi connectivity index (χ1n) is 7.34. The molecular formula is C14H26N2. The van der Waals surface area contributed by atoms with E-state index in [0.29, 0.717) is 0 Å². The highest BCUT2D eigenvalue weighted by molar-refractivity contribution is 4.97. The average Bonchev–Trinajstić information content (AvgIpc) is 2.91. The predicted octanol–water partition coefficient (Wildman–Crippen LogP) is 2.25. The summed E-state index contributed by atoms with van der Waals surface area (Å²) in [5.41, 5.74) is 0. The Labute approximate surface area is 99.8 Å². The molecule has 0 amide bonds. The molecule has 4 atom stereocenters. The van der Waals surface area contributed by atoms with Crippen molar-refractivity contribution in [2.45, 2.75) is 57.5 Å². The lowest BCUT2D eigenvalue weighted by atomic mass is 9.93. The molecule has 1 aliphatic heterocycles. The summed E-state index contributed by atoms with van der Waals surface area (Å²) in [5, 5.41) is 3.68. The Morgan fingerprint density at radius 2 is 2.19 bits per heavy atom. The van der Waals surface area contributed by atoms with Gasteiger partial charge in [-0.3, -0.25) is 4.90 Å². The third-order valence-electron chi connectivity index (χ3n) is 5.09. The molecule has 3 aliphatic rings. The first-order chi connectivity index (χ1) is 7.86. The minimum atomic E-state index is 0.776. The lowest BCUT2D eigenvalue weighted by Crippen LogP contribution is -2.54. The molecule has 0 aromatic heterocycles. The van der Waals surface area contributed by atoms with Gasteiger partial charge in [0.05, 0.1) is 0 Å². The Morgan fingerprint density at radius 3 is 2.88 bits per heavy atom. The van der Waals surface area contributed by atoms with Crippen LogP contribution in [0.3, 0.4) is 0 Å². The largest absolute Gasteiger partial charge is 0.311 e. The second-order valence-electron chi connectivity index (χ2n) is 6.18. The fraction of sp³-hybridized carbons (Fsp3) is 1.00. The molecule has 2 saturated carbocycles. The maximum atomic E-state index is 3.68. The molecule has 4 unspecified atom stereocenters. The van der Waals surface area contributed by atoms with Crippen LogP contribution < -0.4 is 5.32 Å². The molecule has 2 heteroatoms. The minimum absolute atomic E-state index is 0.776. The Kier molecular flexibility index (Phi) is 3.21. The van der Waals surface area contributed by atoms with Gasteiger partial charge in [0.25, 0.3) is 0 Å². The molecule has 0 spiro atoms. The van der Waals surface area contributed by atoms with Crippen molar-refractivity contribution >= 4 is 0 Å². The van der Waals surface area contributed by atoms with Gasteiger partial charge in [-0.2, -0.15) is 0 Å². The molecule has 0 radical (unpaired) electrons. The second-order valence-corrected chi connectivity index (χ2v) is 6.18. The number of nitrogens with zero attached hydrogens (tertiary/aromatic N) is 1. The Balaban J connectivity index is 1.58. The fourth-order valence-electron chi connectivity index (χ4n) is 4.35. The first kappa shape index (κ1) is 11.0. The lowest BCUT2D eigenvalue weighted by Gasteiger charge is -2.40. The molecule has 3 rings (SSSR count). The third kappa shape index (κ3) is 2.02. The standard InChI is InChI=1S/C14H26N2/c1-2-3-13-10-16(7-6-15-13)14-9-11-4-5-12(14)8-11/h11-15H,2-10H2,1H3. The lowest BCUT2D eigenvalue weighted by molar-refractivity contribution is 0.102. The quantitative estimate of drug-likeness (QED) is 0.788. The van der Waals surface area contributed by atoms with Crippen LogP contribution in [0.5, 0.6) is 0 Å². The summed E-state index contributed by atoms with van der Waals surface area (Å²) < 4.78 is 0. The number of fused-ring (bicyclic) bond motifs is 2. The van der Waals surface area contributed by atoms with E-state index < -0.39 is 0 Å². The van der Waals surface area contributed by atoms with E-state index in [4.69, 9.17) is 0 Å². The van der Waals surface area contributed by atoms with Gasteiger partial charge < -0.3 is 5.32 Å². The van der Waals surface area contributed by atoms with E-state index in [0.717, 1.165) is 23.9 Å². The Hall–Kier alpha value is -0.0800. The summed E-state index contributed by atoms with van der Waals surface area (Å²) >= 11 is 0. The number of hydrogen-bond acceptors (Lipinski definition) is 2. The van der Waals surface area contributed by atoms with Gasteiger partial charge in [-0.25, -0.2) is 0 Å². The predicted molar refractivity (Wildman–Crippen MR) is 67.5 cm³/mol. The van der Waals surface area contributed by atoms with E-state index in [1.54, 1.807) is 6.42 Å². The zero-order chi connectivity index (χ0) is 11.0. The third-order valence-corrected chi connectivity index (χ3v) is 5.09. The highest BCUT2D eigenvalue weighted by Gasteiger charge is 2.42. The topological polar surface area (TPSA) is 15.3 Å². The normalized spacial score (nSPS) is 44.1. The second kappa shape index (κ2) is 4.66. The first-order valence-corrected chi connectivity index (χ1v) is 7.34. The average molecular weight is 222 g/mol. The van der Waals surface area contributed by atoms with Gasteiger partial charge in [0, 0.05) is 31.7 Å². The van der Waals surface area contributed by atoms with Gasteiger partial charge in [-0.05, 0) is 37.5 Å². The number of nitrogens with one attached hydrogen (secondary N) is 1. The van der Waals surface area contributed by atoms with E-state index in [-0.39, 0.29) is 0 Å². The molecule has 0 aromatic carbocycles. The van der Waals surface area contributed by atoms with Crippen molar-refractivity contribution in [2.75, 3.05) is 19.6 Å². The smallest absolute Gasteiger partial charge is 0.0195 e. The fourth-order valence-corrected chi connectivity index (χ4v) is 4.35. The SMILES string of the molecule is CCCC1CN(C2CC3CCC2C3)CCN1. The van der Waals surface area contributed by atoms with Crippen LogP contribution in [0.4, 0.5) is 0 Å². The summed E-state index contributed by atoms with van der Waals surface area (Å²) in [4.78, 5) is 2.82. The zero-order valence-electron chi connectivity index (χ0n) is 10.6. The van der Waals surface area contributed by atoms with Crippen molar-refractivity contribution in [3.63, 3.8) is 0 Å². The molecule has 1 N–H and O–H groups in total. The molecule has 2 aliphatic carbocycles. The summed E-state index contributed by atoms with van der Waals surface area (Å²) in [7, 11) is 0. The van der Waals surface area contributed by atoms with Crippen molar-refractivity contribution < 1.29 is 0 Å². The van der Waals surface area contributed by atoms with Gasteiger partial charge in [0.15, 0.2) is 0 Å². The maximum Gasteiger partial charge on any atom is 0.0195 e. The van der Waals surface area contributed by atoms with E-state index in [1.165, 1.54) is 51.7 Å². The number of hydrogen-bond donors (Lipinski definition) is 1. The van der Waals surface area contributed by atoms with Gasteiger partial charge in [0.1, 0.15) is 0 Å². The zero-order valence-corrected chi connectivity index (χ0v) is 10.6. The Morgan fingerprint density at radius 1 is 1.25 bits per heavy atom. The van der Waals surface area contributed by atoms with E-state index >= 15 is 0 Å². The van der Waals surface area contributed by atoms with Crippen molar-refractivity contribution in [1.29, 1.82) is 0 Å². The van der Waals surface area contributed by atoms with E-state index in [1.807, 2.05) is 0 Å². The van der Waals surface area contributed by atoms with Crippen LogP contribution in [0.15, 0.2) is 0 Å². The summed E-state index contributed by atoms with van der Waals surface area (Å²) in [6.45, 7) is 6.15. The van der Waals surface area contributed by atoms with Crippen LogP contribution in [0, 0.1) is 11.8 Å². The van der Waals surface area contributed by atoms with Gasteiger partial charge in [-0.1, -0.05) is 19.8 Å². The van der Waals surface area contributed by atoms with Crippen LogP contribution in [0.2, 0.25) is 0 Å². The van der Waals surface area contributed by atoms with Crippen molar-refractivity contribution in [3.8, 4) is 0 Å². The molecule has 1 saturated heterocycles. The highest BCUT2D eigenvalue weighted by Crippen LogP contribution is 2.46.